The summed E-state index contributed by atoms with van der Waals surface area (Å²) in [5, 5.41) is 2.76. The van der Waals surface area contributed by atoms with Crippen molar-refractivity contribution in [3.63, 3.8) is 0 Å². The number of aryl methyl sites for hydroxylation is 2. The smallest absolute Gasteiger partial charge is 0.258 e. The van der Waals surface area contributed by atoms with E-state index in [0.29, 0.717) is 24.3 Å². The fourth-order valence-electron chi connectivity index (χ4n) is 4.46. The van der Waals surface area contributed by atoms with Crippen molar-refractivity contribution in [2.24, 2.45) is 0 Å². The molecule has 6 heteroatoms. The summed E-state index contributed by atoms with van der Waals surface area (Å²) >= 11 is 0. The molecule has 35 heavy (non-hydrogen) atoms. The Kier molecular flexibility index (Phi) is 8.27. The molecule has 0 radical (unpaired) electrons. The third kappa shape index (κ3) is 6.55. The Morgan fingerprint density at radius 1 is 0.914 bits per heavy atom. The summed E-state index contributed by atoms with van der Waals surface area (Å²) in [5.41, 5.74) is 3.19. The van der Waals surface area contributed by atoms with Crippen LogP contribution in [-0.4, -0.2) is 54.3 Å². The molecule has 4 rings (SSSR count). The van der Waals surface area contributed by atoms with E-state index in [1.165, 1.54) is 17.7 Å². The van der Waals surface area contributed by atoms with E-state index in [1.54, 1.807) is 24.3 Å². The van der Waals surface area contributed by atoms with Gasteiger partial charge in [0.05, 0.1) is 5.56 Å². The molecule has 0 spiro atoms. The predicted molar refractivity (Wildman–Crippen MR) is 137 cm³/mol. The number of carbonyl (C=O) groups excluding carboxylic acids is 2. The van der Waals surface area contributed by atoms with Crippen LogP contribution in [0.3, 0.4) is 0 Å². The summed E-state index contributed by atoms with van der Waals surface area (Å²) in [6, 6.07) is 21.7. The van der Waals surface area contributed by atoms with Gasteiger partial charge < -0.3 is 15.1 Å². The Balaban J connectivity index is 1.35. The quantitative estimate of drug-likeness (QED) is 0.515. The van der Waals surface area contributed by atoms with Crippen LogP contribution in [0.15, 0.2) is 72.8 Å². The van der Waals surface area contributed by atoms with Gasteiger partial charge >= 0.3 is 0 Å². The maximum atomic E-state index is 14.0. The number of hydrogen-bond acceptors (Lipinski definition) is 3. The zero-order valence-corrected chi connectivity index (χ0v) is 20.2. The molecular formula is C29H32FN3O2. The molecule has 0 atom stereocenters. The van der Waals surface area contributed by atoms with E-state index in [2.05, 4.69) is 34.5 Å². The van der Waals surface area contributed by atoms with Crippen LogP contribution >= 0.6 is 0 Å². The number of benzene rings is 3. The molecule has 0 unspecified atom stereocenters. The fourth-order valence-corrected chi connectivity index (χ4v) is 4.46. The molecule has 5 nitrogen and oxygen atoms in total. The molecule has 1 fully saturated rings. The molecular weight excluding hydrogens is 441 g/mol. The Hall–Kier alpha value is -3.51. The minimum absolute atomic E-state index is 0.0245. The lowest BCUT2D eigenvalue weighted by molar-refractivity contribution is 0.0761. The largest absolute Gasteiger partial charge is 0.337 e. The van der Waals surface area contributed by atoms with Gasteiger partial charge in [0, 0.05) is 30.9 Å². The average molecular weight is 474 g/mol. The molecule has 1 N–H and O–H groups in total. The fraction of sp³-hybridized carbons (Fsp3) is 0.310. The van der Waals surface area contributed by atoms with Crippen LogP contribution in [0.2, 0.25) is 0 Å². The molecule has 0 bridgehead atoms. The molecule has 182 valence electrons. The highest BCUT2D eigenvalue weighted by Crippen LogP contribution is 2.21. The molecule has 1 aliphatic heterocycles. The van der Waals surface area contributed by atoms with Gasteiger partial charge in [0.2, 0.25) is 0 Å². The summed E-state index contributed by atoms with van der Waals surface area (Å²) in [6.07, 6.45) is 3.09. The van der Waals surface area contributed by atoms with E-state index in [1.807, 2.05) is 24.0 Å². The number of anilines is 1. The molecule has 1 saturated heterocycles. The van der Waals surface area contributed by atoms with Crippen LogP contribution in [-0.2, 0) is 6.42 Å². The topological polar surface area (TPSA) is 52.7 Å². The Morgan fingerprint density at radius 2 is 1.69 bits per heavy atom. The highest BCUT2D eigenvalue weighted by Gasteiger charge is 2.21. The standard InChI is InChI=1S/C29H32FN3O2/c1-22-14-15-24(21-27(22)31-28(34)25-12-5-6-13-26(25)30)29(35)33-18-8-17-32(19-20-33)16-7-11-23-9-3-2-4-10-23/h2-6,9-10,12-15,21H,7-8,11,16-20H2,1H3,(H,31,34). The predicted octanol–water partition coefficient (Wildman–Crippen LogP) is 5.17. The molecule has 3 aromatic carbocycles. The average Bonchev–Trinajstić information content (AvgIpc) is 3.11. The Bertz CT molecular complexity index is 1170. The van der Waals surface area contributed by atoms with Crippen LogP contribution in [0.25, 0.3) is 0 Å². The van der Waals surface area contributed by atoms with Gasteiger partial charge in [-0.15, -0.1) is 0 Å². The van der Waals surface area contributed by atoms with E-state index >= 15 is 0 Å². The van der Waals surface area contributed by atoms with Crippen molar-refractivity contribution in [3.8, 4) is 0 Å². The van der Waals surface area contributed by atoms with Crippen molar-refractivity contribution < 1.29 is 14.0 Å². The van der Waals surface area contributed by atoms with Crippen LogP contribution in [0, 0.1) is 12.7 Å². The highest BCUT2D eigenvalue weighted by atomic mass is 19.1. The van der Waals surface area contributed by atoms with E-state index in [-0.39, 0.29) is 11.5 Å². The minimum Gasteiger partial charge on any atom is -0.337 e. The molecule has 1 heterocycles. The SMILES string of the molecule is Cc1ccc(C(=O)N2CCCN(CCCc3ccccc3)CC2)cc1NC(=O)c1ccccc1F. The van der Waals surface area contributed by atoms with Gasteiger partial charge in [-0.05, 0) is 74.7 Å². The minimum atomic E-state index is -0.576. The lowest BCUT2D eigenvalue weighted by Crippen LogP contribution is -2.35. The third-order valence-electron chi connectivity index (χ3n) is 6.51. The van der Waals surface area contributed by atoms with Crippen molar-refractivity contribution >= 4 is 17.5 Å². The maximum Gasteiger partial charge on any atom is 0.258 e. The van der Waals surface area contributed by atoms with Crippen molar-refractivity contribution in [1.82, 2.24) is 9.80 Å². The van der Waals surface area contributed by atoms with Crippen molar-refractivity contribution in [2.75, 3.05) is 38.0 Å². The van der Waals surface area contributed by atoms with Crippen LogP contribution in [0.4, 0.5) is 10.1 Å². The van der Waals surface area contributed by atoms with Crippen molar-refractivity contribution in [2.45, 2.75) is 26.2 Å². The highest BCUT2D eigenvalue weighted by molar-refractivity contribution is 6.05. The third-order valence-corrected chi connectivity index (χ3v) is 6.51. The Labute approximate surface area is 206 Å². The summed E-state index contributed by atoms with van der Waals surface area (Å²) < 4.78 is 14.0. The number of rotatable bonds is 7. The van der Waals surface area contributed by atoms with Gasteiger partial charge in [-0.2, -0.15) is 0 Å². The number of nitrogens with one attached hydrogen (secondary N) is 1. The maximum absolute atomic E-state index is 14.0. The van der Waals surface area contributed by atoms with Gasteiger partial charge in [-0.3, -0.25) is 9.59 Å². The second-order valence-corrected chi connectivity index (χ2v) is 9.04. The van der Waals surface area contributed by atoms with Crippen LogP contribution in [0.1, 0.15) is 44.7 Å². The van der Waals surface area contributed by atoms with Crippen LogP contribution in [0.5, 0.6) is 0 Å². The van der Waals surface area contributed by atoms with E-state index in [9.17, 15) is 14.0 Å². The van der Waals surface area contributed by atoms with Crippen LogP contribution < -0.4 is 5.32 Å². The van der Waals surface area contributed by atoms with Crippen molar-refractivity contribution in [3.05, 3.63) is 101 Å². The molecule has 3 aromatic rings. The summed E-state index contributed by atoms with van der Waals surface area (Å²) in [6.45, 7) is 6.09. The number of amides is 2. The van der Waals surface area contributed by atoms with Gasteiger partial charge in [-0.1, -0.05) is 48.5 Å². The van der Waals surface area contributed by atoms with Gasteiger partial charge in [0.1, 0.15) is 5.82 Å². The Morgan fingerprint density at radius 3 is 2.49 bits per heavy atom. The number of carbonyl (C=O) groups is 2. The first-order valence-corrected chi connectivity index (χ1v) is 12.2. The van der Waals surface area contributed by atoms with E-state index < -0.39 is 11.7 Å². The first-order valence-electron chi connectivity index (χ1n) is 12.2. The first kappa shape index (κ1) is 24.6. The number of halogens is 1. The second-order valence-electron chi connectivity index (χ2n) is 9.04. The lowest BCUT2D eigenvalue weighted by Gasteiger charge is -2.22. The lowest BCUT2D eigenvalue weighted by atomic mass is 10.1. The molecule has 2 amide bonds. The summed E-state index contributed by atoms with van der Waals surface area (Å²) in [5.74, 6) is -1.15. The number of hydrogen-bond donors (Lipinski definition) is 1. The summed E-state index contributed by atoms with van der Waals surface area (Å²) in [4.78, 5) is 30.2. The van der Waals surface area contributed by atoms with Gasteiger partial charge in [0.15, 0.2) is 0 Å². The number of nitrogens with zero attached hydrogens (tertiary/aromatic N) is 2. The second kappa shape index (κ2) is 11.8. The summed E-state index contributed by atoms with van der Waals surface area (Å²) in [7, 11) is 0. The molecule has 1 aliphatic rings. The normalized spacial score (nSPS) is 14.4. The van der Waals surface area contributed by atoms with Crippen molar-refractivity contribution in [1.29, 1.82) is 0 Å². The monoisotopic (exact) mass is 473 g/mol. The van der Waals surface area contributed by atoms with E-state index in [4.69, 9.17) is 0 Å². The zero-order valence-electron chi connectivity index (χ0n) is 20.2. The van der Waals surface area contributed by atoms with Gasteiger partial charge in [-0.25, -0.2) is 4.39 Å². The molecule has 0 saturated carbocycles. The zero-order chi connectivity index (χ0) is 24.6. The molecule has 0 aromatic heterocycles. The van der Waals surface area contributed by atoms with Gasteiger partial charge in [0.25, 0.3) is 11.8 Å². The van der Waals surface area contributed by atoms with E-state index in [0.717, 1.165) is 44.5 Å². The first-order chi connectivity index (χ1) is 17.0. The molecule has 0 aliphatic carbocycles.